The van der Waals surface area contributed by atoms with Crippen LogP contribution in [0.5, 0.6) is 0 Å². The number of aryl methyl sites for hydroxylation is 1. The number of hydrogen-bond acceptors (Lipinski definition) is 1. The molecule has 0 aliphatic heterocycles. The standard InChI is InChI=1S/C21H22N2.C2H6/c1-4-10-20-19(5-2)22-21(17-12-9-11-16(3)15-17)23(20)18-13-7-6-8-14-18;1-2/h4-5,7,9-15H,2,6,8H2,1,3H3;1-2H3/b10-4-;. The Hall–Kier alpha value is -2.61. The topological polar surface area (TPSA) is 17.8 Å². The molecule has 0 unspecified atom stereocenters. The Labute approximate surface area is 151 Å². The summed E-state index contributed by atoms with van der Waals surface area (Å²) in [6.07, 6.45) is 14.8. The third-order valence-corrected chi connectivity index (χ3v) is 3.97. The fourth-order valence-corrected chi connectivity index (χ4v) is 2.92. The third-order valence-electron chi connectivity index (χ3n) is 3.97. The first-order chi connectivity index (χ1) is 12.2. The molecule has 0 amide bonds. The van der Waals surface area contributed by atoms with Gasteiger partial charge in [-0.25, -0.2) is 4.98 Å². The van der Waals surface area contributed by atoms with E-state index in [4.69, 9.17) is 4.98 Å². The molecule has 0 spiro atoms. The van der Waals surface area contributed by atoms with Crippen LogP contribution in [0.25, 0.3) is 29.2 Å². The molecule has 1 aromatic heterocycles. The molecular weight excluding hydrogens is 304 g/mol. The summed E-state index contributed by atoms with van der Waals surface area (Å²) in [5.41, 5.74) is 5.54. The first kappa shape index (κ1) is 18.7. The Balaban J connectivity index is 0.00000109. The summed E-state index contributed by atoms with van der Waals surface area (Å²) in [5, 5.41) is 0. The van der Waals surface area contributed by atoms with E-state index in [1.165, 1.54) is 11.3 Å². The summed E-state index contributed by atoms with van der Waals surface area (Å²) < 4.78 is 2.24. The van der Waals surface area contributed by atoms with Crippen LogP contribution in [-0.4, -0.2) is 9.55 Å². The van der Waals surface area contributed by atoms with E-state index < -0.39 is 0 Å². The van der Waals surface area contributed by atoms with Crippen LogP contribution in [0, 0.1) is 6.92 Å². The largest absolute Gasteiger partial charge is 0.293 e. The molecular formula is C23H28N2. The molecule has 0 bridgehead atoms. The number of allylic oxidation sites excluding steroid dienone is 5. The second kappa shape index (κ2) is 9.03. The van der Waals surface area contributed by atoms with Crippen LogP contribution >= 0.6 is 0 Å². The zero-order valence-corrected chi connectivity index (χ0v) is 15.8. The minimum absolute atomic E-state index is 0.916. The molecule has 0 fully saturated rings. The van der Waals surface area contributed by atoms with Gasteiger partial charge in [-0.05, 0) is 51.0 Å². The lowest BCUT2D eigenvalue weighted by atomic mass is 10.1. The summed E-state index contributed by atoms with van der Waals surface area (Å²) in [4.78, 5) is 4.85. The van der Waals surface area contributed by atoms with E-state index in [0.717, 1.165) is 35.6 Å². The maximum absolute atomic E-state index is 4.85. The van der Waals surface area contributed by atoms with Crippen molar-refractivity contribution in [2.75, 3.05) is 0 Å². The Morgan fingerprint density at radius 3 is 2.60 bits per heavy atom. The van der Waals surface area contributed by atoms with Crippen molar-refractivity contribution >= 4 is 17.8 Å². The number of hydrogen-bond donors (Lipinski definition) is 0. The molecule has 0 saturated carbocycles. The lowest BCUT2D eigenvalue weighted by molar-refractivity contribution is 0.996. The van der Waals surface area contributed by atoms with Crippen LogP contribution in [0.3, 0.4) is 0 Å². The van der Waals surface area contributed by atoms with E-state index in [9.17, 15) is 0 Å². The van der Waals surface area contributed by atoms with Crippen molar-refractivity contribution in [2.24, 2.45) is 0 Å². The summed E-state index contributed by atoms with van der Waals surface area (Å²) in [6.45, 7) is 12.1. The Kier molecular flexibility index (Phi) is 6.76. The first-order valence-electron chi connectivity index (χ1n) is 9.06. The molecule has 1 aromatic carbocycles. The first-order valence-corrected chi connectivity index (χ1v) is 9.06. The predicted molar refractivity (Wildman–Crippen MR) is 111 cm³/mol. The van der Waals surface area contributed by atoms with E-state index in [2.05, 4.69) is 66.6 Å². The van der Waals surface area contributed by atoms with Crippen molar-refractivity contribution in [3.8, 4) is 11.4 Å². The summed E-state index contributed by atoms with van der Waals surface area (Å²) >= 11 is 0. The zero-order chi connectivity index (χ0) is 18.2. The van der Waals surface area contributed by atoms with Gasteiger partial charge in [0.1, 0.15) is 5.82 Å². The van der Waals surface area contributed by atoms with Gasteiger partial charge in [-0.1, -0.05) is 62.4 Å². The molecule has 0 atom stereocenters. The molecule has 2 heteroatoms. The molecule has 3 rings (SSSR count). The molecule has 2 aromatic rings. The number of benzene rings is 1. The molecule has 0 N–H and O–H groups in total. The van der Waals surface area contributed by atoms with E-state index >= 15 is 0 Å². The van der Waals surface area contributed by atoms with Gasteiger partial charge in [0.15, 0.2) is 0 Å². The fourth-order valence-electron chi connectivity index (χ4n) is 2.92. The molecule has 2 nitrogen and oxygen atoms in total. The van der Waals surface area contributed by atoms with Crippen molar-refractivity contribution in [1.29, 1.82) is 0 Å². The number of nitrogens with zero attached hydrogens (tertiary/aromatic N) is 2. The van der Waals surface area contributed by atoms with E-state index in [1.54, 1.807) is 0 Å². The monoisotopic (exact) mass is 332 g/mol. The summed E-state index contributed by atoms with van der Waals surface area (Å²) in [5.74, 6) is 0.967. The predicted octanol–water partition coefficient (Wildman–Crippen LogP) is 6.75. The van der Waals surface area contributed by atoms with Gasteiger partial charge in [0.2, 0.25) is 0 Å². The Morgan fingerprint density at radius 1 is 1.20 bits per heavy atom. The highest BCUT2D eigenvalue weighted by Crippen LogP contribution is 2.30. The van der Waals surface area contributed by atoms with Crippen LogP contribution in [0.15, 0.2) is 55.1 Å². The second-order valence-corrected chi connectivity index (χ2v) is 5.72. The van der Waals surface area contributed by atoms with Crippen LogP contribution < -0.4 is 0 Å². The molecule has 0 saturated heterocycles. The van der Waals surface area contributed by atoms with Crippen molar-refractivity contribution in [1.82, 2.24) is 9.55 Å². The van der Waals surface area contributed by atoms with Crippen LogP contribution in [-0.2, 0) is 0 Å². The maximum Gasteiger partial charge on any atom is 0.145 e. The molecule has 0 radical (unpaired) electrons. The highest BCUT2D eigenvalue weighted by Gasteiger charge is 2.17. The summed E-state index contributed by atoms with van der Waals surface area (Å²) in [7, 11) is 0. The molecule has 1 heterocycles. The SMILES string of the molecule is C=Cc1nc(-c2cccc(C)c2)n(C2=CCCC=C2)c1/C=C\C.CC. The van der Waals surface area contributed by atoms with Gasteiger partial charge in [-0.2, -0.15) is 0 Å². The van der Waals surface area contributed by atoms with Gasteiger partial charge in [0, 0.05) is 11.3 Å². The van der Waals surface area contributed by atoms with Crippen molar-refractivity contribution < 1.29 is 0 Å². The highest BCUT2D eigenvalue weighted by atomic mass is 15.1. The van der Waals surface area contributed by atoms with Crippen LogP contribution in [0.4, 0.5) is 0 Å². The maximum atomic E-state index is 4.85. The second-order valence-electron chi connectivity index (χ2n) is 5.72. The van der Waals surface area contributed by atoms with E-state index in [-0.39, 0.29) is 0 Å². The van der Waals surface area contributed by atoms with Gasteiger partial charge >= 0.3 is 0 Å². The average Bonchev–Trinajstić information content (AvgIpc) is 3.03. The quantitative estimate of drug-likeness (QED) is 0.605. The van der Waals surface area contributed by atoms with Gasteiger partial charge < -0.3 is 0 Å². The minimum atomic E-state index is 0.916. The average molecular weight is 332 g/mol. The van der Waals surface area contributed by atoms with Gasteiger partial charge in [-0.15, -0.1) is 0 Å². The molecule has 130 valence electrons. The van der Waals surface area contributed by atoms with Crippen LogP contribution in [0.2, 0.25) is 0 Å². The molecule has 1 aliphatic rings. The number of rotatable bonds is 4. The minimum Gasteiger partial charge on any atom is -0.293 e. The summed E-state index contributed by atoms with van der Waals surface area (Å²) in [6, 6.07) is 8.49. The Bertz CT molecular complexity index is 817. The highest BCUT2D eigenvalue weighted by molar-refractivity contribution is 5.75. The van der Waals surface area contributed by atoms with Gasteiger partial charge in [-0.3, -0.25) is 4.57 Å². The van der Waals surface area contributed by atoms with Gasteiger partial charge in [0.05, 0.1) is 11.4 Å². The molecule has 25 heavy (non-hydrogen) atoms. The van der Waals surface area contributed by atoms with E-state index in [0.29, 0.717) is 0 Å². The fraction of sp³-hybridized carbons (Fsp3) is 0.261. The molecule has 1 aliphatic carbocycles. The van der Waals surface area contributed by atoms with Gasteiger partial charge in [0.25, 0.3) is 0 Å². The lowest BCUT2D eigenvalue weighted by Gasteiger charge is -2.14. The van der Waals surface area contributed by atoms with Crippen LogP contribution in [0.1, 0.15) is 50.6 Å². The zero-order valence-electron chi connectivity index (χ0n) is 15.8. The van der Waals surface area contributed by atoms with Crippen molar-refractivity contribution in [3.63, 3.8) is 0 Å². The number of imidazole rings is 1. The van der Waals surface area contributed by atoms with E-state index in [1.807, 2.05) is 32.9 Å². The lowest BCUT2D eigenvalue weighted by Crippen LogP contribution is -2.02. The smallest absolute Gasteiger partial charge is 0.145 e. The third kappa shape index (κ3) is 4.08. The van der Waals surface area contributed by atoms with Crippen molar-refractivity contribution in [2.45, 2.75) is 40.5 Å². The van der Waals surface area contributed by atoms with Crippen molar-refractivity contribution in [3.05, 3.63) is 72.1 Å². The normalized spacial score (nSPS) is 13.4. The Morgan fingerprint density at radius 2 is 2.00 bits per heavy atom. The number of aromatic nitrogens is 2.